The topological polar surface area (TPSA) is 57.0 Å². The molecule has 15 heavy (non-hydrogen) atoms. The van der Waals surface area contributed by atoms with E-state index in [0.29, 0.717) is 5.69 Å². The molecule has 0 aromatic carbocycles. The first-order chi connectivity index (χ1) is 7.06. The molecule has 80 valence electrons. The van der Waals surface area contributed by atoms with Crippen molar-refractivity contribution >= 4 is 17.2 Å². The van der Waals surface area contributed by atoms with E-state index in [0.717, 1.165) is 5.01 Å². The quantitative estimate of drug-likeness (QED) is 0.734. The molecule has 1 rings (SSSR count). The molecule has 0 N–H and O–H groups in total. The number of hydrogen-bond acceptors (Lipinski definition) is 4. The summed E-state index contributed by atoms with van der Waals surface area (Å²) >= 11 is 1.44. The Morgan fingerprint density at radius 2 is 2.40 bits per heavy atom. The second-order valence-corrected chi connectivity index (χ2v) is 4.50. The summed E-state index contributed by atoms with van der Waals surface area (Å²) in [5.41, 5.74) is 0.432. The van der Waals surface area contributed by atoms with Gasteiger partial charge in [0.05, 0.1) is 11.1 Å². The Bertz CT molecular complexity index is 392. The molecule has 0 bridgehead atoms. The highest BCUT2D eigenvalue weighted by atomic mass is 32.1. The molecule has 0 radical (unpaired) electrons. The molecule has 0 saturated heterocycles. The molecule has 0 aliphatic rings. The van der Waals surface area contributed by atoms with E-state index in [4.69, 9.17) is 5.26 Å². The van der Waals surface area contributed by atoms with Gasteiger partial charge in [0.2, 0.25) is 0 Å². The lowest BCUT2D eigenvalue weighted by molar-refractivity contribution is 0.0726. The Morgan fingerprint density at radius 1 is 1.73 bits per heavy atom. The number of rotatable bonds is 3. The molecule has 0 fully saturated rings. The van der Waals surface area contributed by atoms with Crippen molar-refractivity contribution in [3.8, 4) is 6.07 Å². The molecule has 1 aromatic heterocycles. The van der Waals surface area contributed by atoms with Gasteiger partial charge in [-0.25, -0.2) is 4.98 Å². The van der Waals surface area contributed by atoms with Crippen LogP contribution in [0.1, 0.15) is 29.3 Å². The summed E-state index contributed by atoms with van der Waals surface area (Å²) in [4.78, 5) is 17.5. The Labute approximate surface area is 93.2 Å². The van der Waals surface area contributed by atoms with Gasteiger partial charge in [-0.15, -0.1) is 11.3 Å². The normalized spacial score (nSPS) is 10.1. The second-order valence-electron chi connectivity index (χ2n) is 3.44. The number of hydrogen-bond donors (Lipinski definition) is 0. The van der Waals surface area contributed by atoms with Gasteiger partial charge in [0.15, 0.2) is 0 Å². The van der Waals surface area contributed by atoms with Crippen LogP contribution in [0.4, 0.5) is 0 Å². The average Bonchev–Trinajstić information content (AvgIpc) is 2.59. The van der Waals surface area contributed by atoms with Crippen LogP contribution in [-0.4, -0.2) is 28.4 Å². The zero-order chi connectivity index (χ0) is 11.4. The van der Waals surface area contributed by atoms with Gasteiger partial charge in [0.1, 0.15) is 12.2 Å². The molecule has 1 aromatic rings. The maximum atomic E-state index is 11.9. The molecule has 0 spiro atoms. The van der Waals surface area contributed by atoms with Gasteiger partial charge in [-0.1, -0.05) is 0 Å². The van der Waals surface area contributed by atoms with Crippen molar-refractivity contribution in [2.75, 3.05) is 6.54 Å². The van der Waals surface area contributed by atoms with Crippen molar-refractivity contribution in [2.45, 2.75) is 26.8 Å². The predicted octanol–water partition coefficient (Wildman–Crippen LogP) is 1.83. The summed E-state index contributed by atoms with van der Waals surface area (Å²) in [6, 6.07) is 2.00. The average molecular weight is 223 g/mol. The fourth-order valence-corrected chi connectivity index (χ4v) is 1.76. The minimum absolute atomic E-state index is 0.0131. The molecule has 1 amide bonds. The van der Waals surface area contributed by atoms with Crippen molar-refractivity contribution in [1.29, 1.82) is 5.26 Å². The van der Waals surface area contributed by atoms with Crippen LogP contribution < -0.4 is 0 Å². The van der Waals surface area contributed by atoms with Crippen molar-refractivity contribution in [3.05, 3.63) is 16.1 Å². The summed E-state index contributed by atoms with van der Waals surface area (Å²) in [5.74, 6) is -0.170. The second kappa shape index (κ2) is 4.89. The van der Waals surface area contributed by atoms with Crippen molar-refractivity contribution in [3.63, 3.8) is 0 Å². The van der Waals surface area contributed by atoms with E-state index in [1.165, 1.54) is 16.2 Å². The Balaban J connectivity index is 2.86. The van der Waals surface area contributed by atoms with Gasteiger partial charge in [-0.05, 0) is 20.8 Å². The summed E-state index contributed by atoms with van der Waals surface area (Å²) in [6.07, 6.45) is 0. The smallest absolute Gasteiger partial charge is 0.274 e. The molecular formula is C10H13N3OS. The lowest BCUT2D eigenvalue weighted by Crippen LogP contribution is -2.37. The third-order valence-electron chi connectivity index (χ3n) is 1.96. The molecule has 0 unspecified atom stereocenters. The van der Waals surface area contributed by atoms with Crippen LogP contribution in [0.2, 0.25) is 0 Å². The zero-order valence-corrected chi connectivity index (χ0v) is 9.84. The summed E-state index contributed by atoms with van der Waals surface area (Å²) in [6.45, 7) is 5.72. The SMILES string of the molecule is Cc1nc(C(=O)N(CC#N)C(C)C)cs1. The van der Waals surface area contributed by atoms with Crippen molar-refractivity contribution in [1.82, 2.24) is 9.88 Å². The fourth-order valence-electron chi connectivity index (χ4n) is 1.17. The first kappa shape index (κ1) is 11.7. The Morgan fingerprint density at radius 3 is 2.80 bits per heavy atom. The molecule has 0 saturated carbocycles. The number of amides is 1. The predicted molar refractivity (Wildman–Crippen MR) is 58.6 cm³/mol. The van der Waals surface area contributed by atoms with Crippen molar-refractivity contribution in [2.24, 2.45) is 0 Å². The van der Waals surface area contributed by atoms with Crippen LogP contribution in [0.25, 0.3) is 0 Å². The van der Waals surface area contributed by atoms with E-state index in [2.05, 4.69) is 4.98 Å². The van der Waals surface area contributed by atoms with Crippen molar-refractivity contribution < 1.29 is 4.79 Å². The largest absolute Gasteiger partial charge is 0.322 e. The van der Waals surface area contributed by atoms with E-state index >= 15 is 0 Å². The van der Waals surface area contributed by atoms with Crippen LogP contribution >= 0.6 is 11.3 Å². The highest BCUT2D eigenvalue weighted by molar-refractivity contribution is 7.09. The number of nitriles is 1. The first-order valence-electron chi connectivity index (χ1n) is 4.66. The number of aryl methyl sites for hydroxylation is 1. The first-order valence-corrected chi connectivity index (χ1v) is 5.54. The van der Waals surface area contributed by atoms with Gasteiger partial charge < -0.3 is 4.90 Å². The summed E-state index contributed by atoms with van der Waals surface area (Å²) in [7, 11) is 0. The van der Waals surface area contributed by atoms with E-state index in [9.17, 15) is 4.79 Å². The maximum absolute atomic E-state index is 11.9. The van der Waals surface area contributed by atoms with Gasteiger partial charge >= 0.3 is 0 Å². The van der Waals surface area contributed by atoms with E-state index < -0.39 is 0 Å². The summed E-state index contributed by atoms with van der Waals surface area (Å²) in [5, 5.41) is 11.2. The van der Waals surface area contributed by atoms with Gasteiger partial charge in [-0.3, -0.25) is 4.79 Å². The highest BCUT2D eigenvalue weighted by Gasteiger charge is 2.20. The van der Waals surface area contributed by atoms with E-state index in [1.807, 2.05) is 26.8 Å². The fraction of sp³-hybridized carbons (Fsp3) is 0.500. The van der Waals surface area contributed by atoms with Crippen LogP contribution in [0, 0.1) is 18.3 Å². The lowest BCUT2D eigenvalue weighted by atomic mass is 10.3. The molecule has 4 nitrogen and oxygen atoms in total. The van der Waals surface area contributed by atoms with Gasteiger partial charge in [0, 0.05) is 11.4 Å². The lowest BCUT2D eigenvalue weighted by Gasteiger charge is -2.22. The molecule has 0 aliphatic carbocycles. The zero-order valence-electron chi connectivity index (χ0n) is 9.02. The van der Waals surface area contributed by atoms with Gasteiger partial charge in [-0.2, -0.15) is 5.26 Å². The molecule has 1 heterocycles. The number of carbonyl (C=O) groups excluding carboxylic acids is 1. The molecule has 5 heteroatoms. The van der Waals surface area contributed by atoms with Gasteiger partial charge in [0.25, 0.3) is 5.91 Å². The number of nitrogens with zero attached hydrogens (tertiary/aromatic N) is 3. The Kier molecular flexibility index (Phi) is 3.81. The highest BCUT2D eigenvalue weighted by Crippen LogP contribution is 2.12. The number of carbonyl (C=O) groups is 1. The van der Waals surface area contributed by atoms with Crippen LogP contribution in [-0.2, 0) is 0 Å². The van der Waals surface area contributed by atoms with Crippen LogP contribution in [0.3, 0.4) is 0 Å². The number of thiazole rings is 1. The van der Waals surface area contributed by atoms with E-state index in [-0.39, 0.29) is 18.5 Å². The monoisotopic (exact) mass is 223 g/mol. The van der Waals surface area contributed by atoms with E-state index in [1.54, 1.807) is 5.38 Å². The van der Waals surface area contributed by atoms with Crippen LogP contribution in [0.15, 0.2) is 5.38 Å². The molecular weight excluding hydrogens is 210 g/mol. The minimum Gasteiger partial charge on any atom is -0.322 e. The molecule has 0 atom stereocenters. The Hall–Kier alpha value is -1.41. The third kappa shape index (κ3) is 2.77. The number of aromatic nitrogens is 1. The maximum Gasteiger partial charge on any atom is 0.274 e. The minimum atomic E-state index is -0.170. The van der Waals surface area contributed by atoms with Crippen LogP contribution in [0.5, 0.6) is 0 Å². The molecule has 0 aliphatic heterocycles. The summed E-state index contributed by atoms with van der Waals surface area (Å²) < 4.78 is 0. The standard InChI is InChI=1S/C10H13N3OS/c1-7(2)13(5-4-11)10(14)9-6-15-8(3)12-9/h6-7H,5H2,1-3H3. The third-order valence-corrected chi connectivity index (χ3v) is 2.74.